The second-order valence-electron chi connectivity index (χ2n) is 6.66. The monoisotopic (exact) mass is 370 g/mol. The number of anilines is 2. The second-order valence-corrected chi connectivity index (χ2v) is 8.15. The van der Waals surface area contributed by atoms with Crippen molar-refractivity contribution in [2.24, 2.45) is 0 Å². The van der Waals surface area contributed by atoms with E-state index < -0.39 is 0 Å². The summed E-state index contributed by atoms with van der Waals surface area (Å²) in [4.78, 5) is 16.7. The van der Waals surface area contributed by atoms with Crippen molar-refractivity contribution < 1.29 is 0 Å². The maximum atomic E-state index is 6.36. The Morgan fingerprint density at radius 1 is 0.960 bits per heavy atom. The van der Waals surface area contributed by atoms with E-state index in [1.807, 2.05) is 23.5 Å². The Labute approximate surface area is 156 Å². The van der Waals surface area contributed by atoms with E-state index in [0.29, 0.717) is 0 Å². The van der Waals surface area contributed by atoms with E-state index in [2.05, 4.69) is 31.9 Å². The molecule has 0 saturated carbocycles. The van der Waals surface area contributed by atoms with Crippen LogP contribution in [0.2, 0.25) is 5.02 Å². The van der Waals surface area contributed by atoms with Crippen LogP contribution in [0, 0.1) is 0 Å². The average Bonchev–Trinajstić information content (AvgIpc) is 3.23. The van der Waals surface area contributed by atoms with Gasteiger partial charge in [0.05, 0.1) is 16.1 Å². The number of benzene rings is 1. The maximum Gasteiger partial charge on any atom is 0.141 e. The molecule has 6 heteroatoms. The number of hydrogen-bond acceptors (Lipinski definition) is 5. The minimum atomic E-state index is 0.830. The lowest BCUT2D eigenvalue weighted by Gasteiger charge is -2.37. The van der Waals surface area contributed by atoms with Gasteiger partial charge in [0.15, 0.2) is 0 Å². The first kappa shape index (κ1) is 15.4. The van der Waals surface area contributed by atoms with Gasteiger partial charge in [0.1, 0.15) is 17.0 Å². The summed E-state index contributed by atoms with van der Waals surface area (Å²) >= 11 is 8.22. The second kappa shape index (κ2) is 6.15. The number of piperazine rings is 1. The number of nitrogens with zero attached hydrogens (tertiary/aromatic N) is 4. The highest BCUT2D eigenvalue weighted by Gasteiger charge is 2.26. The molecule has 1 aliphatic carbocycles. The molecule has 0 N–H and O–H groups in total. The minimum absolute atomic E-state index is 0.830. The molecule has 1 saturated heterocycles. The predicted octanol–water partition coefficient (Wildman–Crippen LogP) is 4.16. The Balaban J connectivity index is 1.43. The molecular formula is C19H19ClN4S. The van der Waals surface area contributed by atoms with Crippen LogP contribution in [-0.4, -0.2) is 36.1 Å². The molecule has 3 aromatic rings. The fourth-order valence-corrected chi connectivity index (χ4v) is 5.50. The third-order valence-electron chi connectivity index (χ3n) is 5.25. The van der Waals surface area contributed by atoms with Gasteiger partial charge in [-0.1, -0.05) is 23.7 Å². The topological polar surface area (TPSA) is 32.3 Å². The molecule has 25 heavy (non-hydrogen) atoms. The molecule has 0 atom stereocenters. The Bertz CT molecular complexity index is 930. The summed E-state index contributed by atoms with van der Waals surface area (Å²) in [6.45, 7) is 3.84. The van der Waals surface area contributed by atoms with E-state index >= 15 is 0 Å². The quantitative estimate of drug-likeness (QED) is 0.678. The molecule has 1 fully saturated rings. The fraction of sp³-hybridized carbons (Fsp3) is 0.368. The van der Waals surface area contributed by atoms with Crippen molar-refractivity contribution in [1.29, 1.82) is 0 Å². The van der Waals surface area contributed by atoms with E-state index in [0.717, 1.165) is 47.5 Å². The first-order valence-electron chi connectivity index (χ1n) is 8.81. The number of halogens is 1. The third kappa shape index (κ3) is 2.57. The lowest BCUT2D eigenvalue weighted by Crippen LogP contribution is -2.47. The van der Waals surface area contributed by atoms with Crippen LogP contribution in [0.1, 0.15) is 16.9 Å². The number of aromatic nitrogens is 2. The van der Waals surface area contributed by atoms with Gasteiger partial charge in [0.2, 0.25) is 0 Å². The van der Waals surface area contributed by atoms with E-state index in [-0.39, 0.29) is 0 Å². The van der Waals surface area contributed by atoms with Crippen molar-refractivity contribution in [3.05, 3.63) is 46.1 Å². The summed E-state index contributed by atoms with van der Waals surface area (Å²) in [5.74, 6) is 1.13. The largest absolute Gasteiger partial charge is 0.367 e. The first-order chi connectivity index (χ1) is 12.3. The van der Waals surface area contributed by atoms with Gasteiger partial charge < -0.3 is 9.80 Å². The van der Waals surface area contributed by atoms with Gasteiger partial charge in [-0.2, -0.15) is 0 Å². The van der Waals surface area contributed by atoms with Crippen LogP contribution in [-0.2, 0) is 12.8 Å². The van der Waals surface area contributed by atoms with Gasteiger partial charge in [-0.3, -0.25) is 0 Å². The van der Waals surface area contributed by atoms with E-state index in [9.17, 15) is 0 Å². The zero-order valence-electron chi connectivity index (χ0n) is 13.9. The van der Waals surface area contributed by atoms with Crippen molar-refractivity contribution in [1.82, 2.24) is 9.97 Å². The van der Waals surface area contributed by atoms with Crippen LogP contribution >= 0.6 is 22.9 Å². The standard InChI is InChI=1S/C19H19ClN4S/c20-14-5-1-2-6-15(14)23-8-10-24(11-9-23)18-17-13-4-3-7-16(13)25-19(17)22-12-21-18/h1-2,5-6,12H,3-4,7-11H2. The molecule has 1 aliphatic heterocycles. The number of aryl methyl sites for hydroxylation is 2. The summed E-state index contributed by atoms with van der Waals surface area (Å²) in [7, 11) is 0. The van der Waals surface area contributed by atoms with Gasteiger partial charge in [0, 0.05) is 31.1 Å². The fourth-order valence-electron chi connectivity index (χ4n) is 4.02. The number of para-hydroxylation sites is 1. The van der Waals surface area contributed by atoms with Crippen molar-refractivity contribution >= 4 is 44.7 Å². The molecule has 2 aromatic heterocycles. The molecule has 1 aromatic carbocycles. The Hall–Kier alpha value is -1.85. The zero-order chi connectivity index (χ0) is 16.8. The van der Waals surface area contributed by atoms with Gasteiger partial charge in [-0.25, -0.2) is 9.97 Å². The summed E-state index contributed by atoms with van der Waals surface area (Å²) < 4.78 is 0. The molecule has 4 nitrogen and oxygen atoms in total. The van der Waals surface area contributed by atoms with Crippen LogP contribution in [0.4, 0.5) is 11.5 Å². The molecule has 3 heterocycles. The number of thiophene rings is 1. The van der Waals surface area contributed by atoms with Gasteiger partial charge in [-0.15, -0.1) is 11.3 Å². The minimum Gasteiger partial charge on any atom is -0.367 e. The highest BCUT2D eigenvalue weighted by atomic mass is 35.5. The summed E-state index contributed by atoms with van der Waals surface area (Å²) in [5.41, 5.74) is 2.64. The molecule has 2 aliphatic rings. The molecule has 128 valence electrons. The zero-order valence-corrected chi connectivity index (χ0v) is 15.5. The molecule has 0 spiro atoms. The van der Waals surface area contributed by atoms with Crippen molar-refractivity contribution in [2.75, 3.05) is 36.0 Å². The van der Waals surface area contributed by atoms with Crippen LogP contribution in [0.15, 0.2) is 30.6 Å². The van der Waals surface area contributed by atoms with Gasteiger partial charge in [-0.05, 0) is 37.0 Å². The lowest BCUT2D eigenvalue weighted by atomic mass is 10.1. The molecule has 0 radical (unpaired) electrons. The molecule has 5 rings (SSSR count). The van der Waals surface area contributed by atoms with Gasteiger partial charge >= 0.3 is 0 Å². The van der Waals surface area contributed by atoms with Crippen LogP contribution in [0.5, 0.6) is 0 Å². The van der Waals surface area contributed by atoms with Crippen molar-refractivity contribution in [2.45, 2.75) is 19.3 Å². The first-order valence-corrected chi connectivity index (χ1v) is 10.0. The predicted molar refractivity (Wildman–Crippen MR) is 105 cm³/mol. The third-order valence-corrected chi connectivity index (χ3v) is 6.77. The van der Waals surface area contributed by atoms with E-state index in [4.69, 9.17) is 11.6 Å². The van der Waals surface area contributed by atoms with E-state index in [1.165, 1.54) is 35.1 Å². The number of hydrogen-bond donors (Lipinski definition) is 0. The smallest absolute Gasteiger partial charge is 0.141 e. The summed E-state index contributed by atoms with van der Waals surface area (Å²) in [6.07, 6.45) is 5.38. The summed E-state index contributed by atoms with van der Waals surface area (Å²) in [5, 5.41) is 2.14. The number of fused-ring (bicyclic) bond motifs is 3. The lowest BCUT2D eigenvalue weighted by molar-refractivity contribution is 0.649. The molecular weight excluding hydrogens is 352 g/mol. The Kier molecular flexibility index (Phi) is 3.79. The Morgan fingerprint density at radius 3 is 2.60 bits per heavy atom. The normalized spacial score (nSPS) is 17.3. The SMILES string of the molecule is Clc1ccccc1N1CCN(c2ncnc3sc4c(c23)CCC4)CC1. The van der Waals surface area contributed by atoms with Crippen LogP contribution in [0.3, 0.4) is 0 Å². The van der Waals surface area contributed by atoms with Crippen LogP contribution < -0.4 is 9.80 Å². The molecule has 0 amide bonds. The van der Waals surface area contributed by atoms with E-state index in [1.54, 1.807) is 6.33 Å². The molecule has 0 unspecified atom stereocenters. The van der Waals surface area contributed by atoms with Crippen molar-refractivity contribution in [3.8, 4) is 0 Å². The highest BCUT2D eigenvalue weighted by molar-refractivity contribution is 7.19. The van der Waals surface area contributed by atoms with Crippen LogP contribution in [0.25, 0.3) is 10.2 Å². The maximum absolute atomic E-state index is 6.36. The molecule has 0 bridgehead atoms. The Morgan fingerprint density at radius 2 is 1.76 bits per heavy atom. The average molecular weight is 371 g/mol. The highest BCUT2D eigenvalue weighted by Crippen LogP contribution is 2.40. The van der Waals surface area contributed by atoms with Gasteiger partial charge in [0.25, 0.3) is 0 Å². The van der Waals surface area contributed by atoms with Crippen molar-refractivity contribution in [3.63, 3.8) is 0 Å². The number of rotatable bonds is 2. The summed E-state index contributed by atoms with van der Waals surface area (Å²) in [6, 6.07) is 8.10.